The molecular formula is C19H26F3N5O3S. The van der Waals surface area contributed by atoms with Crippen LogP contribution in [0.2, 0.25) is 0 Å². The molecule has 0 radical (unpaired) electrons. The Kier molecular flexibility index (Phi) is 6.92. The van der Waals surface area contributed by atoms with Gasteiger partial charge in [-0.15, -0.1) is 23.4 Å². The fraction of sp³-hybridized carbons (Fsp3) is 0.579. The van der Waals surface area contributed by atoms with Gasteiger partial charge in [-0.1, -0.05) is 26.0 Å². The molecule has 1 N–H and O–H groups in total. The summed E-state index contributed by atoms with van der Waals surface area (Å²) in [5.74, 6) is 1.11. The molecule has 0 aliphatic carbocycles. The van der Waals surface area contributed by atoms with E-state index < -0.39 is 22.4 Å². The minimum Gasteiger partial charge on any atom is -0.406 e. The summed E-state index contributed by atoms with van der Waals surface area (Å²) < 4.78 is 69.0. The largest absolute Gasteiger partial charge is 0.573 e. The van der Waals surface area contributed by atoms with Crippen LogP contribution in [0.1, 0.15) is 37.1 Å². The van der Waals surface area contributed by atoms with Crippen molar-refractivity contribution in [1.82, 2.24) is 24.4 Å². The first-order valence-corrected chi connectivity index (χ1v) is 11.8. The number of halogens is 3. The van der Waals surface area contributed by atoms with Gasteiger partial charge in [0.2, 0.25) is 10.0 Å². The van der Waals surface area contributed by atoms with Crippen molar-refractivity contribution in [3.63, 3.8) is 0 Å². The standard InChI is InChI=1S/C19H26F3N5O3S/c1-13(2)17(25-31(3,28)29)18-24-23-16-8-9-26(10-11-27(16)18)12-14-4-6-15(7-5-14)30-19(20,21)22/h4-7,13,17,25H,8-12H2,1-3H3. The van der Waals surface area contributed by atoms with E-state index >= 15 is 0 Å². The van der Waals surface area contributed by atoms with Gasteiger partial charge in [0.25, 0.3) is 0 Å². The van der Waals surface area contributed by atoms with E-state index in [2.05, 4.69) is 24.6 Å². The SMILES string of the molecule is CC(C)C(NS(C)(=O)=O)c1nnc2n1CCN(Cc1ccc(OC(F)(F)F)cc1)CC2. The Morgan fingerprint density at radius 3 is 2.39 bits per heavy atom. The molecule has 0 fully saturated rings. The number of nitrogens with one attached hydrogen (secondary N) is 1. The van der Waals surface area contributed by atoms with Gasteiger partial charge in [0, 0.05) is 32.6 Å². The van der Waals surface area contributed by atoms with Crippen LogP contribution in [0.25, 0.3) is 0 Å². The maximum atomic E-state index is 12.3. The van der Waals surface area contributed by atoms with Gasteiger partial charge in [-0.25, -0.2) is 13.1 Å². The predicted octanol–water partition coefficient (Wildman–Crippen LogP) is 2.48. The topological polar surface area (TPSA) is 89.3 Å². The Labute approximate surface area is 179 Å². The van der Waals surface area contributed by atoms with Crippen molar-refractivity contribution >= 4 is 10.0 Å². The lowest BCUT2D eigenvalue weighted by Crippen LogP contribution is -2.33. The van der Waals surface area contributed by atoms with Crippen molar-refractivity contribution < 1.29 is 26.3 Å². The molecule has 2 heterocycles. The lowest BCUT2D eigenvalue weighted by Gasteiger charge is -2.22. The second kappa shape index (κ2) is 9.13. The number of nitrogens with zero attached hydrogens (tertiary/aromatic N) is 4. The van der Waals surface area contributed by atoms with E-state index in [9.17, 15) is 21.6 Å². The maximum Gasteiger partial charge on any atom is 0.573 e. The second-order valence-corrected chi connectivity index (χ2v) is 9.74. The summed E-state index contributed by atoms with van der Waals surface area (Å²) in [5.41, 5.74) is 0.867. The molecule has 2 aromatic rings. The first-order chi connectivity index (χ1) is 14.4. The summed E-state index contributed by atoms with van der Waals surface area (Å²) in [6.07, 6.45) is -2.96. The first-order valence-electron chi connectivity index (χ1n) is 9.87. The highest BCUT2D eigenvalue weighted by Crippen LogP contribution is 2.25. The summed E-state index contributed by atoms with van der Waals surface area (Å²) in [4.78, 5) is 2.17. The molecule has 0 saturated carbocycles. The summed E-state index contributed by atoms with van der Waals surface area (Å²) in [6, 6.07) is 5.35. The fourth-order valence-corrected chi connectivity index (χ4v) is 4.39. The number of rotatable bonds is 7. The van der Waals surface area contributed by atoms with Gasteiger partial charge in [-0.3, -0.25) is 4.90 Å². The molecule has 0 spiro atoms. The van der Waals surface area contributed by atoms with E-state index in [1.165, 1.54) is 12.1 Å². The predicted molar refractivity (Wildman–Crippen MR) is 108 cm³/mol. The van der Waals surface area contributed by atoms with Crippen LogP contribution in [-0.4, -0.2) is 53.8 Å². The molecule has 0 bridgehead atoms. The van der Waals surface area contributed by atoms with E-state index in [1.54, 1.807) is 12.1 Å². The number of hydrogen-bond acceptors (Lipinski definition) is 6. The highest BCUT2D eigenvalue weighted by Gasteiger charge is 2.31. The van der Waals surface area contributed by atoms with Crippen LogP contribution < -0.4 is 9.46 Å². The number of hydrogen-bond donors (Lipinski definition) is 1. The average Bonchev–Trinajstić information content (AvgIpc) is 2.93. The Bertz CT molecular complexity index is 990. The van der Waals surface area contributed by atoms with Crippen molar-refractivity contribution in [2.45, 2.75) is 45.8 Å². The number of alkyl halides is 3. The van der Waals surface area contributed by atoms with Crippen LogP contribution in [-0.2, 0) is 29.5 Å². The highest BCUT2D eigenvalue weighted by molar-refractivity contribution is 7.88. The number of benzene rings is 1. The molecule has 1 aliphatic heterocycles. The molecule has 1 aromatic heterocycles. The number of fused-ring (bicyclic) bond motifs is 1. The smallest absolute Gasteiger partial charge is 0.406 e. The molecule has 1 aromatic carbocycles. The van der Waals surface area contributed by atoms with Gasteiger partial charge in [0.15, 0.2) is 5.82 Å². The van der Waals surface area contributed by atoms with Crippen molar-refractivity contribution in [2.24, 2.45) is 5.92 Å². The summed E-state index contributed by atoms with van der Waals surface area (Å²) in [7, 11) is -3.42. The maximum absolute atomic E-state index is 12.3. The van der Waals surface area contributed by atoms with Gasteiger partial charge >= 0.3 is 6.36 Å². The molecule has 0 saturated heterocycles. The lowest BCUT2D eigenvalue weighted by atomic mass is 10.1. The van der Waals surface area contributed by atoms with Gasteiger partial charge < -0.3 is 9.30 Å². The molecule has 1 unspecified atom stereocenters. The molecule has 12 heteroatoms. The van der Waals surface area contributed by atoms with E-state index in [0.717, 1.165) is 17.6 Å². The normalized spacial score (nSPS) is 16.7. The van der Waals surface area contributed by atoms with Crippen molar-refractivity contribution in [3.05, 3.63) is 41.5 Å². The van der Waals surface area contributed by atoms with Crippen LogP contribution in [0.4, 0.5) is 13.2 Å². The fourth-order valence-electron chi connectivity index (χ4n) is 3.55. The first kappa shape index (κ1) is 23.5. The Hall–Kier alpha value is -2.18. The zero-order chi connectivity index (χ0) is 22.8. The third kappa shape index (κ3) is 6.65. The van der Waals surface area contributed by atoms with Crippen molar-refractivity contribution in [3.8, 4) is 5.75 Å². The molecule has 8 nitrogen and oxygen atoms in total. The lowest BCUT2D eigenvalue weighted by molar-refractivity contribution is -0.274. The van der Waals surface area contributed by atoms with Crippen LogP contribution in [0, 0.1) is 5.92 Å². The molecule has 0 amide bonds. The van der Waals surface area contributed by atoms with E-state index in [1.807, 2.05) is 18.4 Å². The van der Waals surface area contributed by atoms with Gasteiger partial charge in [-0.05, 0) is 23.6 Å². The number of aromatic nitrogens is 3. The quantitative estimate of drug-likeness (QED) is 0.682. The third-order valence-corrected chi connectivity index (χ3v) is 5.68. The number of ether oxygens (including phenoxy) is 1. The zero-order valence-corrected chi connectivity index (χ0v) is 18.4. The van der Waals surface area contributed by atoms with Crippen LogP contribution >= 0.6 is 0 Å². The highest BCUT2D eigenvalue weighted by atomic mass is 32.2. The van der Waals surface area contributed by atoms with E-state index in [4.69, 9.17) is 0 Å². The monoisotopic (exact) mass is 461 g/mol. The molecular weight excluding hydrogens is 435 g/mol. The zero-order valence-electron chi connectivity index (χ0n) is 17.6. The minimum absolute atomic E-state index is 0.0141. The minimum atomic E-state index is -4.71. The van der Waals surface area contributed by atoms with Gasteiger partial charge in [-0.2, -0.15) is 0 Å². The van der Waals surface area contributed by atoms with Crippen molar-refractivity contribution in [2.75, 3.05) is 19.3 Å². The van der Waals surface area contributed by atoms with Gasteiger partial charge in [0.1, 0.15) is 11.6 Å². The summed E-state index contributed by atoms with van der Waals surface area (Å²) in [6.45, 7) is 6.35. The Morgan fingerprint density at radius 2 is 1.81 bits per heavy atom. The summed E-state index contributed by atoms with van der Waals surface area (Å²) in [5, 5.41) is 8.52. The molecule has 1 atom stereocenters. The van der Waals surface area contributed by atoms with Gasteiger partial charge in [0.05, 0.1) is 12.3 Å². The Balaban J connectivity index is 1.68. The van der Waals surface area contributed by atoms with E-state index in [0.29, 0.717) is 38.4 Å². The van der Waals surface area contributed by atoms with Crippen molar-refractivity contribution in [1.29, 1.82) is 0 Å². The van der Waals surface area contributed by atoms with Crippen LogP contribution in [0.15, 0.2) is 24.3 Å². The van der Waals surface area contributed by atoms with Crippen LogP contribution in [0.5, 0.6) is 5.75 Å². The Morgan fingerprint density at radius 1 is 1.13 bits per heavy atom. The second-order valence-electron chi connectivity index (χ2n) is 7.96. The third-order valence-electron chi connectivity index (χ3n) is 5.00. The van der Waals surface area contributed by atoms with Crippen LogP contribution in [0.3, 0.4) is 0 Å². The molecule has 3 rings (SSSR count). The molecule has 1 aliphatic rings. The average molecular weight is 462 g/mol. The molecule has 31 heavy (non-hydrogen) atoms. The molecule has 172 valence electrons. The van der Waals surface area contributed by atoms with E-state index in [-0.39, 0.29) is 11.7 Å². The number of sulfonamides is 1. The summed E-state index contributed by atoms with van der Waals surface area (Å²) >= 11 is 0.